The number of hydrogen-bond donors (Lipinski definition) is 0. The Bertz CT molecular complexity index is 988. The molecule has 4 heteroatoms. The van der Waals surface area contributed by atoms with E-state index in [9.17, 15) is 4.79 Å². The largest absolute Gasteiger partial charge is 0.454 e. The first-order chi connectivity index (χ1) is 14.1. The van der Waals surface area contributed by atoms with Crippen molar-refractivity contribution in [1.82, 2.24) is 9.55 Å². The molecule has 1 heterocycles. The number of hydrogen-bond acceptors (Lipinski definition) is 3. The Morgan fingerprint density at radius 3 is 2.17 bits per heavy atom. The summed E-state index contributed by atoms with van der Waals surface area (Å²) in [5, 5.41) is 0. The Hall–Kier alpha value is -3.40. The first-order valence-electron chi connectivity index (χ1n) is 9.67. The third-order valence-corrected chi connectivity index (χ3v) is 4.66. The van der Waals surface area contributed by atoms with Gasteiger partial charge in [-0.15, -0.1) is 6.58 Å². The number of benzene rings is 2. The van der Waals surface area contributed by atoms with Crippen LogP contribution < -0.4 is 0 Å². The van der Waals surface area contributed by atoms with Gasteiger partial charge < -0.3 is 9.30 Å². The number of imidazole rings is 1. The average Bonchev–Trinajstić information content (AvgIpc) is 3.04. The third kappa shape index (κ3) is 5.32. The molecule has 0 amide bonds. The van der Waals surface area contributed by atoms with Crippen LogP contribution >= 0.6 is 0 Å². The molecule has 0 unspecified atom stereocenters. The molecule has 2 aromatic carbocycles. The van der Waals surface area contributed by atoms with Gasteiger partial charge in [0.2, 0.25) is 0 Å². The van der Waals surface area contributed by atoms with Gasteiger partial charge in [0.1, 0.15) is 12.4 Å². The Labute approximate surface area is 172 Å². The van der Waals surface area contributed by atoms with Crippen molar-refractivity contribution in [2.24, 2.45) is 0 Å². The number of esters is 1. The van der Waals surface area contributed by atoms with Crippen LogP contribution in [0.25, 0.3) is 0 Å². The van der Waals surface area contributed by atoms with Crippen molar-refractivity contribution in [2.75, 3.05) is 0 Å². The van der Waals surface area contributed by atoms with E-state index in [2.05, 4.69) is 42.0 Å². The zero-order valence-electron chi connectivity index (χ0n) is 16.8. The summed E-state index contributed by atoms with van der Waals surface area (Å²) in [7, 11) is 0. The number of aromatic nitrogens is 2. The molecular weight excluding hydrogens is 360 g/mol. The number of rotatable bonds is 9. The van der Waals surface area contributed by atoms with Crippen molar-refractivity contribution in [1.29, 1.82) is 0 Å². The molecule has 0 bridgehead atoms. The van der Waals surface area contributed by atoms with Gasteiger partial charge in [0.05, 0.1) is 5.69 Å². The number of carbonyl (C=O) groups is 1. The lowest BCUT2D eigenvalue weighted by atomic mass is 10.0. The molecule has 0 radical (unpaired) electrons. The quantitative estimate of drug-likeness (QED) is 0.299. The molecule has 3 aromatic rings. The van der Waals surface area contributed by atoms with Gasteiger partial charge in [-0.05, 0) is 18.1 Å². The summed E-state index contributed by atoms with van der Waals surface area (Å²) < 4.78 is 7.49. The zero-order chi connectivity index (χ0) is 20.6. The van der Waals surface area contributed by atoms with Gasteiger partial charge in [-0.3, -0.25) is 0 Å². The summed E-state index contributed by atoms with van der Waals surface area (Å²) in [6, 6.07) is 20.6. The molecule has 0 saturated heterocycles. The molecule has 0 N–H and O–H groups in total. The number of carbonyl (C=O) groups excluding carboxylic acids is 1. The fraction of sp³-hybridized carbons (Fsp3) is 0.200. The van der Waals surface area contributed by atoms with Crippen LogP contribution in [0.15, 0.2) is 85.5 Å². The van der Waals surface area contributed by atoms with Gasteiger partial charge in [-0.2, -0.15) is 0 Å². The van der Waals surface area contributed by atoms with Gasteiger partial charge in [0.15, 0.2) is 0 Å². The van der Waals surface area contributed by atoms with Crippen molar-refractivity contribution >= 4 is 5.97 Å². The van der Waals surface area contributed by atoms with Crippen LogP contribution in [0.5, 0.6) is 0 Å². The predicted octanol–water partition coefficient (Wildman–Crippen LogP) is 4.87. The molecule has 29 heavy (non-hydrogen) atoms. The van der Waals surface area contributed by atoms with Gasteiger partial charge in [0.25, 0.3) is 0 Å². The van der Waals surface area contributed by atoms with Gasteiger partial charge in [-0.25, -0.2) is 9.78 Å². The Balaban J connectivity index is 1.99. The van der Waals surface area contributed by atoms with E-state index in [1.165, 1.54) is 11.1 Å². The standard InChI is InChI=1S/C25H26N2O2/c1-4-15-27-23(17-21-13-9-6-10-14-21)22(16-20-11-7-5-8-12-20)26-24(27)18-29-25(28)19(2)3/h4-14H,1-2,15-18H2,3H3. The Morgan fingerprint density at radius 2 is 1.62 bits per heavy atom. The van der Waals surface area contributed by atoms with E-state index in [4.69, 9.17) is 9.72 Å². The van der Waals surface area contributed by atoms with E-state index in [1.807, 2.05) is 42.5 Å². The molecule has 0 aliphatic heterocycles. The van der Waals surface area contributed by atoms with Crippen LogP contribution in [-0.4, -0.2) is 15.5 Å². The predicted molar refractivity (Wildman–Crippen MR) is 116 cm³/mol. The first-order valence-corrected chi connectivity index (χ1v) is 9.67. The van der Waals surface area contributed by atoms with Crippen molar-refractivity contribution < 1.29 is 9.53 Å². The topological polar surface area (TPSA) is 44.1 Å². The molecule has 0 saturated carbocycles. The minimum Gasteiger partial charge on any atom is -0.454 e. The molecule has 0 spiro atoms. The lowest BCUT2D eigenvalue weighted by molar-refractivity contribution is -0.140. The Morgan fingerprint density at radius 1 is 1.03 bits per heavy atom. The summed E-state index contributed by atoms with van der Waals surface area (Å²) in [6.07, 6.45) is 3.30. The van der Waals surface area contributed by atoms with E-state index in [-0.39, 0.29) is 6.61 Å². The molecule has 3 rings (SSSR count). The van der Waals surface area contributed by atoms with Gasteiger partial charge in [-0.1, -0.05) is 73.3 Å². The summed E-state index contributed by atoms with van der Waals surface area (Å²) >= 11 is 0. The maximum absolute atomic E-state index is 11.9. The van der Waals surface area contributed by atoms with Crippen LogP contribution in [0.2, 0.25) is 0 Å². The second-order valence-corrected chi connectivity index (χ2v) is 7.00. The monoisotopic (exact) mass is 386 g/mol. The fourth-order valence-corrected chi connectivity index (χ4v) is 3.22. The highest BCUT2D eigenvalue weighted by atomic mass is 16.5. The van der Waals surface area contributed by atoms with Crippen LogP contribution in [0.1, 0.15) is 35.3 Å². The molecule has 0 fully saturated rings. The first kappa shape index (κ1) is 20.3. The van der Waals surface area contributed by atoms with Gasteiger partial charge in [0, 0.05) is 30.7 Å². The molecule has 4 nitrogen and oxygen atoms in total. The molecule has 0 aliphatic carbocycles. The normalized spacial score (nSPS) is 10.5. The van der Waals surface area contributed by atoms with Crippen molar-refractivity contribution in [3.05, 3.63) is 114 Å². The average molecular weight is 386 g/mol. The summed E-state index contributed by atoms with van der Waals surface area (Å²) in [4.78, 5) is 16.7. The fourth-order valence-electron chi connectivity index (χ4n) is 3.22. The Kier molecular flexibility index (Phi) is 6.80. The van der Waals surface area contributed by atoms with E-state index in [0.717, 1.165) is 23.6 Å². The van der Waals surface area contributed by atoms with E-state index >= 15 is 0 Å². The SMILES string of the molecule is C=CCn1c(COC(=O)C(=C)C)nc(Cc2ccccc2)c1Cc1ccccc1. The maximum atomic E-state index is 11.9. The van der Waals surface area contributed by atoms with E-state index < -0.39 is 5.97 Å². The molecule has 0 atom stereocenters. The minimum atomic E-state index is -0.410. The number of allylic oxidation sites excluding steroid dienone is 1. The minimum absolute atomic E-state index is 0.107. The molecule has 0 aliphatic rings. The third-order valence-electron chi connectivity index (χ3n) is 4.66. The van der Waals surface area contributed by atoms with E-state index in [0.29, 0.717) is 18.5 Å². The van der Waals surface area contributed by atoms with Gasteiger partial charge >= 0.3 is 5.97 Å². The van der Waals surface area contributed by atoms with Crippen LogP contribution in [0.3, 0.4) is 0 Å². The highest BCUT2D eigenvalue weighted by Crippen LogP contribution is 2.21. The zero-order valence-corrected chi connectivity index (χ0v) is 16.8. The second-order valence-electron chi connectivity index (χ2n) is 7.00. The van der Waals surface area contributed by atoms with Crippen LogP contribution in [0.4, 0.5) is 0 Å². The summed E-state index contributed by atoms with van der Waals surface area (Å²) in [5.74, 6) is 0.309. The summed E-state index contributed by atoms with van der Waals surface area (Å²) in [5.41, 5.74) is 4.87. The van der Waals surface area contributed by atoms with Crippen molar-refractivity contribution in [3.8, 4) is 0 Å². The lowest BCUT2D eigenvalue weighted by Crippen LogP contribution is -2.11. The lowest BCUT2D eigenvalue weighted by Gasteiger charge is -2.12. The highest BCUT2D eigenvalue weighted by molar-refractivity contribution is 5.86. The number of nitrogens with zero attached hydrogens (tertiary/aromatic N) is 2. The smallest absolute Gasteiger partial charge is 0.333 e. The molecule has 1 aromatic heterocycles. The molecule has 148 valence electrons. The maximum Gasteiger partial charge on any atom is 0.333 e. The second kappa shape index (κ2) is 9.69. The summed E-state index contributed by atoms with van der Waals surface area (Å²) in [6.45, 7) is 9.88. The van der Waals surface area contributed by atoms with E-state index in [1.54, 1.807) is 6.92 Å². The highest BCUT2D eigenvalue weighted by Gasteiger charge is 2.18. The molecular formula is C25H26N2O2. The number of ether oxygens (including phenoxy) is 1. The van der Waals surface area contributed by atoms with Crippen LogP contribution in [0, 0.1) is 0 Å². The van der Waals surface area contributed by atoms with Crippen molar-refractivity contribution in [2.45, 2.75) is 32.9 Å². The van der Waals surface area contributed by atoms with Crippen LogP contribution in [-0.2, 0) is 35.5 Å². The van der Waals surface area contributed by atoms with Crippen molar-refractivity contribution in [3.63, 3.8) is 0 Å².